The van der Waals surface area contributed by atoms with E-state index in [1.54, 1.807) is 0 Å². The zero-order valence-electron chi connectivity index (χ0n) is 10.1. The lowest BCUT2D eigenvalue weighted by Crippen LogP contribution is -2.22. The van der Waals surface area contributed by atoms with E-state index in [1.165, 1.54) is 24.8 Å². The monoisotopic (exact) mass is 255 g/mol. The Morgan fingerprint density at radius 3 is 3.00 bits per heavy atom. The fourth-order valence-corrected chi connectivity index (χ4v) is 2.06. The maximum absolute atomic E-state index is 11.3. The minimum Gasteiger partial charge on any atom is -0.356 e. The molecule has 0 spiro atoms. The quantitative estimate of drug-likeness (QED) is 0.451. The molecule has 17 heavy (non-hydrogen) atoms. The molecule has 0 aliphatic carbocycles. The van der Waals surface area contributed by atoms with Gasteiger partial charge in [0.2, 0.25) is 5.91 Å². The molecule has 0 aliphatic heterocycles. The van der Waals surface area contributed by atoms with Crippen molar-refractivity contribution in [3.63, 3.8) is 0 Å². The summed E-state index contributed by atoms with van der Waals surface area (Å²) < 4.78 is 0. The summed E-state index contributed by atoms with van der Waals surface area (Å²) in [6.45, 7) is 4.10. The van der Waals surface area contributed by atoms with Gasteiger partial charge in [-0.2, -0.15) is 0 Å². The molecule has 0 bridgehead atoms. The van der Waals surface area contributed by atoms with Crippen LogP contribution >= 0.6 is 11.8 Å². The normalized spacial score (nSPS) is 10.2. The summed E-state index contributed by atoms with van der Waals surface area (Å²) in [5.74, 6) is 0.643. The van der Waals surface area contributed by atoms with Gasteiger partial charge in [-0.15, -0.1) is 0 Å². The SMILES string of the molecule is CCCc1cc(=O)[nH]c(SCCNC(C)=O)n1. The van der Waals surface area contributed by atoms with Crippen LogP contribution in [0.1, 0.15) is 26.0 Å². The largest absolute Gasteiger partial charge is 0.356 e. The molecular formula is C11H17N3O2S. The topological polar surface area (TPSA) is 74.8 Å². The summed E-state index contributed by atoms with van der Waals surface area (Å²) in [7, 11) is 0. The highest BCUT2D eigenvalue weighted by molar-refractivity contribution is 7.99. The van der Waals surface area contributed by atoms with Gasteiger partial charge in [0.15, 0.2) is 5.16 Å². The molecule has 6 heteroatoms. The van der Waals surface area contributed by atoms with Crippen molar-refractivity contribution in [3.8, 4) is 0 Å². The Morgan fingerprint density at radius 1 is 1.59 bits per heavy atom. The number of carbonyl (C=O) groups excluding carboxylic acids is 1. The van der Waals surface area contributed by atoms with Crippen LogP contribution in [0.2, 0.25) is 0 Å². The number of aromatic nitrogens is 2. The summed E-state index contributed by atoms with van der Waals surface area (Å²) in [5.41, 5.74) is 0.698. The third-order valence-corrected chi connectivity index (χ3v) is 2.87. The molecule has 1 aromatic rings. The number of carbonyl (C=O) groups is 1. The van der Waals surface area contributed by atoms with E-state index in [4.69, 9.17) is 0 Å². The fourth-order valence-electron chi connectivity index (χ4n) is 1.31. The van der Waals surface area contributed by atoms with Crippen molar-refractivity contribution in [1.82, 2.24) is 15.3 Å². The molecule has 2 N–H and O–H groups in total. The van der Waals surface area contributed by atoms with Crippen LogP contribution in [-0.2, 0) is 11.2 Å². The molecule has 0 saturated heterocycles. The first-order valence-electron chi connectivity index (χ1n) is 5.59. The fraction of sp³-hybridized carbons (Fsp3) is 0.545. The van der Waals surface area contributed by atoms with Gasteiger partial charge < -0.3 is 10.3 Å². The first-order chi connectivity index (χ1) is 8.11. The molecular weight excluding hydrogens is 238 g/mol. The van der Waals surface area contributed by atoms with Gasteiger partial charge in [-0.25, -0.2) is 4.98 Å². The Morgan fingerprint density at radius 2 is 2.35 bits per heavy atom. The molecule has 0 unspecified atom stereocenters. The number of H-pyrrole nitrogens is 1. The Labute approximate surface area is 104 Å². The van der Waals surface area contributed by atoms with Gasteiger partial charge >= 0.3 is 0 Å². The number of aryl methyl sites for hydroxylation is 1. The maximum atomic E-state index is 11.3. The van der Waals surface area contributed by atoms with Crippen molar-refractivity contribution < 1.29 is 4.79 Å². The second kappa shape index (κ2) is 7.11. The van der Waals surface area contributed by atoms with Crippen LogP contribution in [0.15, 0.2) is 16.0 Å². The van der Waals surface area contributed by atoms with Gasteiger partial charge in [-0.05, 0) is 6.42 Å². The zero-order chi connectivity index (χ0) is 12.7. The van der Waals surface area contributed by atoms with Crippen molar-refractivity contribution in [2.75, 3.05) is 12.3 Å². The standard InChI is InChI=1S/C11H17N3O2S/c1-3-4-9-7-10(16)14-11(13-9)17-6-5-12-8(2)15/h7H,3-6H2,1-2H3,(H,12,15)(H,13,14,16). The third kappa shape index (κ3) is 5.53. The van der Waals surface area contributed by atoms with Crippen molar-refractivity contribution in [1.29, 1.82) is 0 Å². The van der Waals surface area contributed by atoms with Gasteiger partial charge in [0, 0.05) is 31.0 Å². The second-order valence-corrected chi connectivity index (χ2v) is 4.71. The molecule has 94 valence electrons. The molecule has 0 saturated carbocycles. The number of rotatable bonds is 6. The lowest BCUT2D eigenvalue weighted by Gasteiger charge is -2.03. The number of aromatic amines is 1. The summed E-state index contributed by atoms with van der Waals surface area (Å²) in [6.07, 6.45) is 1.77. The van der Waals surface area contributed by atoms with Crippen molar-refractivity contribution in [2.45, 2.75) is 31.8 Å². The van der Waals surface area contributed by atoms with Crippen molar-refractivity contribution in [3.05, 3.63) is 22.1 Å². The van der Waals surface area contributed by atoms with Gasteiger partial charge in [-0.3, -0.25) is 9.59 Å². The maximum Gasteiger partial charge on any atom is 0.251 e. The number of nitrogens with zero attached hydrogens (tertiary/aromatic N) is 1. The van der Waals surface area contributed by atoms with E-state index in [9.17, 15) is 9.59 Å². The number of thioether (sulfide) groups is 1. The van der Waals surface area contributed by atoms with Crippen molar-refractivity contribution in [2.24, 2.45) is 0 Å². The highest BCUT2D eigenvalue weighted by atomic mass is 32.2. The van der Waals surface area contributed by atoms with E-state index in [-0.39, 0.29) is 11.5 Å². The Balaban J connectivity index is 2.52. The Hall–Kier alpha value is -1.30. The molecule has 0 fully saturated rings. The highest BCUT2D eigenvalue weighted by Gasteiger charge is 2.01. The summed E-state index contributed by atoms with van der Waals surface area (Å²) in [4.78, 5) is 29.0. The van der Waals surface area contributed by atoms with Crippen LogP contribution in [0, 0.1) is 0 Å². The van der Waals surface area contributed by atoms with Crippen LogP contribution in [0.5, 0.6) is 0 Å². The van der Waals surface area contributed by atoms with E-state index in [0.29, 0.717) is 17.5 Å². The smallest absolute Gasteiger partial charge is 0.251 e. The number of nitrogens with one attached hydrogen (secondary N) is 2. The van der Waals surface area contributed by atoms with Crippen LogP contribution in [-0.4, -0.2) is 28.2 Å². The predicted molar refractivity (Wildman–Crippen MR) is 68.3 cm³/mol. The third-order valence-electron chi connectivity index (χ3n) is 1.99. The molecule has 1 aromatic heterocycles. The second-order valence-electron chi connectivity index (χ2n) is 3.62. The van der Waals surface area contributed by atoms with E-state index < -0.39 is 0 Å². The lowest BCUT2D eigenvalue weighted by molar-refractivity contribution is -0.118. The van der Waals surface area contributed by atoms with Crippen molar-refractivity contribution >= 4 is 17.7 Å². The highest BCUT2D eigenvalue weighted by Crippen LogP contribution is 2.10. The Bertz CT molecular complexity index is 431. The first kappa shape index (κ1) is 13.8. The summed E-state index contributed by atoms with van der Waals surface area (Å²) in [6, 6.07) is 1.53. The molecule has 0 aromatic carbocycles. The molecule has 0 atom stereocenters. The van der Waals surface area contributed by atoms with E-state index >= 15 is 0 Å². The average molecular weight is 255 g/mol. The number of amides is 1. The van der Waals surface area contributed by atoms with E-state index in [1.807, 2.05) is 6.92 Å². The zero-order valence-corrected chi connectivity index (χ0v) is 10.9. The molecule has 1 heterocycles. The number of hydrogen-bond donors (Lipinski definition) is 2. The molecule has 5 nitrogen and oxygen atoms in total. The number of hydrogen-bond acceptors (Lipinski definition) is 4. The van der Waals surface area contributed by atoms with Gasteiger partial charge in [0.05, 0.1) is 0 Å². The van der Waals surface area contributed by atoms with E-state index in [2.05, 4.69) is 15.3 Å². The molecule has 1 rings (SSSR count). The average Bonchev–Trinajstić information content (AvgIpc) is 2.24. The van der Waals surface area contributed by atoms with Gasteiger partial charge in [0.1, 0.15) is 0 Å². The predicted octanol–water partition coefficient (Wildman–Crippen LogP) is 0.951. The van der Waals surface area contributed by atoms with Crippen LogP contribution < -0.4 is 10.9 Å². The minimum absolute atomic E-state index is 0.0493. The Kier molecular flexibility index (Phi) is 5.76. The minimum atomic E-state index is -0.120. The molecule has 0 radical (unpaired) electrons. The van der Waals surface area contributed by atoms with Crippen LogP contribution in [0.25, 0.3) is 0 Å². The first-order valence-corrected chi connectivity index (χ1v) is 6.58. The van der Waals surface area contributed by atoms with E-state index in [0.717, 1.165) is 18.5 Å². The summed E-state index contributed by atoms with van der Waals surface area (Å²) >= 11 is 1.44. The summed E-state index contributed by atoms with van der Waals surface area (Å²) in [5, 5.41) is 3.31. The van der Waals surface area contributed by atoms with Crippen LogP contribution in [0.3, 0.4) is 0 Å². The molecule has 1 amide bonds. The molecule has 0 aliphatic rings. The lowest BCUT2D eigenvalue weighted by atomic mass is 10.2. The van der Waals surface area contributed by atoms with Gasteiger partial charge in [0.25, 0.3) is 5.56 Å². The van der Waals surface area contributed by atoms with Gasteiger partial charge in [-0.1, -0.05) is 25.1 Å². The van der Waals surface area contributed by atoms with Crippen LogP contribution in [0.4, 0.5) is 0 Å².